The average molecular weight is 795 g/mol. The Kier molecular flexibility index (Phi) is 14.0. The Morgan fingerprint density at radius 1 is 1.02 bits per heavy atom. The highest BCUT2D eigenvalue weighted by Gasteiger charge is 2.57. The molecular weight excluding hydrogens is 734 g/mol. The molecule has 2 bridgehead atoms. The molecule has 4 aliphatic rings. The topological polar surface area (TPSA) is 152 Å². The highest BCUT2D eigenvalue weighted by atomic mass is 19.2. The van der Waals surface area contributed by atoms with Gasteiger partial charge in [-0.25, -0.2) is 8.78 Å². The Morgan fingerprint density at radius 3 is 2.39 bits per heavy atom. The summed E-state index contributed by atoms with van der Waals surface area (Å²) in [5, 5.41) is 15.9. The van der Waals surface area contributed by atoms with E-state index in [9.17, 15) is 28.3 Å². The molecule has 0 spiro atoms. The smallest absolute Gasteiger partial charge is 0.311 e. The molecule has 4 saturated heterocycles. The van der Waals surface area contributed by atoms with Gasteiger partial charge in [0, 0.05) is 29.7 Å². The summed E-state index contributed by atoms with van der Waals surface area (Å²) >= 11 is 0. The number of likely N-dealkylation sites (N-methyl/N-ethyl adjacent to an activating group) is 1. The molecule has 13 nitrogen and oxygen atoms in total. The predicted octanol–water partition coefficient (Wildman–Crippen LogP) is 4.98. The quantitative estimate of drug-likeness (QED) is 0.293. The first kappa shape index (κ1) is 44.0. The van der Waals surface area contributed by atoms with Gasteiger partial charge in [0.2, 0.25) is 0 Å². The highest BCUT2D eigenvalue weighted by Crippen LogP contribution is 2.46. The number of carbonyl (C=O) groups is 3. The van der Waals surface area contributed by atoms with Crippen LogP contribution >= 0.6 is 0 Å². The van der Waals surface area contributed by atoms with E-state index in [2.05, 4.69) is 5.16 Å². The normalized spacial score (nSPS) is 41.0. The molecule has 1 aromatic rings. The molecule has 4 aliphatic heterocycles. The summed E-state index contributed by atoms with van der Waals surface area (Å²) in [6.07, 6.45) is -4.11. The Labute approximate surface area is 328 Å². The van der Waals surface area contributed by atoms with Crippen molar-refractivity contribution in [2.45, 2.75) is 142 Å². The van der Waals surface area contributed by atoms with Crippen molar-refractivity contribution in [1.82, 2.24) is 4.90 Å². The summed E-state index contributed by atoms with van der Waals surface area (Å²) in [5.41, 5.74) is -1.93. The van der Waals surface area contributed by atoms with Gasteiger partial charge in [-0.2, -0.15) is 0 Å². The number of benzene rings is 1. The molecule has 15 heteroatoms. The third-order valence-corrected chi connectivity index (χ3v) is 12.4. The lowest BCUT2D eigenvalue weighted by molar-refractivity contribution is -0.302. The van der Waals surface area contributed by atoms with Crippen molar-refractivity contribution >= 4 is 23.4 Å². The summed E-state index contributed by atoms with van der Waals surface area (Å²) in [6, 6.07) is 3.11. The van der Waals surface area contributed by atoms with Gasteiger partial charge in [-0.05, 0) is 78.7 Å². The average Bonchev–Trinajstić information content (AvgIpc) is 3.47. The summed E-state index contributed by atoms with van der Waals surface area (Å²) in [4.78, 5) is 49.1. The fraction of sp³-hybridized carbons (Fsp3) is 0.756. The van der Waals surface area contributed by atoms with Crippen LogP contribution in [-0.2, 0) is 54.2 Å². The number of carbonyl (C=O) groups excluding carboxylic acids is 3. The number of nitrogens with zero attached hydrogens (tertiary/aromatic N) is 2. The number of hydrogen-bond acceptors (Lipinski definition) is 13. The van der Waals surface area contributed by atoms with E-state index in [1.807, 2.05) is 53.6 Å². The Bertz CT molecular complexity index is 1610. The van der Waals surface area contributed by atoms with Gasteiger partial charge in [0.15, 0.2) is 17.9 Å². The SMILES string of the molecule is CC[C@H]1OC(=O)[C@H](C)[C@H]2OC/C(=N\OCc3ccc(F)c(F)c3)CO[C@](C)(C[C@@H](C)C(=O)[C@H](C)[C@@H]3CC(=O)O[C@]13C)[C@H](O[C@@H]1O[C@H](C)C[C@H](N(C)C)[C@H]1O)[C@@H]2C. The van der Waals surface area contributed by atoms with Gasteiger partial charge in [0.1, 0.15) is 35.9 Å². The number of aliphatic hydroxyl groups excluding tert-OH is 1. The van der Waals surface area contributed by atoms with Gasteiger partial charge >= 0.3 is 11.9 Å². The minimum Gasteiger partial charge on any atom is -0.458 e. The van der Waals surface area contributed by atoms with Crippen molar-refractivity contribution in [3.05, 3.63) is 35.4 Å². The van der Waals surface area contributed by atoms with E-state index in [1.165, 1.54) is 6.07 Å². The van der Waals surface area contributed by atoms with Crippen LogP contribution in [0.5, 0.6) is 0 Å². The van der Waals surface area contributed by atoms with E-state index in [0.717, 1.165) is 12.1 Å². The molecule has 0 aliphatic carbocycles. The van der Waals surface area contributed by atoms with E-state index >= 15 is 0 Å². The van der Waals surface area contributed by atoms with E-state index in [0.29, 0.717) is 18.4 Å². The number of cyclic esters (lactones) is 1. The van der Waals surface area contributed by atoms with Crippen LogP contribution in [0, 0.1) is 41.2 Å². The number of aliphatic hydroxyl groups is 1. The molecule has 1 N–H and O–H groups in total. The number of oxime groups is 1. The fourth-order valence-electron chi connectivity index (χ4n) is 9.23. The summed E-state index contributed by atoms with van der Waals surface area (Å²) in [6.45, 7) is 13.9. The van der Waals surface area contributed by atoms with Crippen molar-refractivity contribution < 1.29 is 61.5 Å². The summed E-state index contributed by atoms with van der Waals surface area (Å²) < 4.78 is 66.0. The molecule has 4 heterocycles. The predicted molar refractivity (Wildman–Crippen MR) is 199 cm³/mol. The molecule has 0 amide bonds. The summed E-state index contributed by atoms with van der Waals surface area (Å²) in [5.74, 6) is -6.62. The molecule has 314 valence electrons. The van der Waals surface area contributed by atoms with Crippen LogP contribution < -0.4 is 0 Å². The van der Waals surface area contributed by atoms with Crippen LogP contribution in [0.1, 0.15) is 86.6 Å². The number of halogens is 2. The second kappa shape index (κ2) is 17.8. The second-order valence-electron chi connectivity index (χ2n) is 16.9. The molecule has 5 rings (SSSR count). The fourth-order valence-corrected chi connectivity index (χ4v) is 9.23. The third-order valence-electron chi connectivity index (χ3n) is 12.4. The van der Waals surface area contributed by atoms with Crippen molar-refractivity contribution in [2.75, 3.05) is 27.3 Å². The zero-order chi connectivity index (χ0) is 41.3. The first-order valence-corrected chi connectivity index (χ1v) is 19.8. The lowest BCUT2D eigenvalue weighted by Crippen LogP contribution is -2.60. The molecule has 0 unspecified atom stereocenters. The van der Waals surface area contributed by atoms with Gasteiger partial charge in [0.05, 0.1) is 49.5 Å². The zero-order valence-electron chi connectivity index (χ0n) is 34.3. The molecule has 4 fully saturated rings. The Hall–Kier alpha value is -3.08. The number of esters is 2. The lowest BCUT2D eigenvalue weighted by atomic mass is 9.70. The molecule has 0 radical (unpaired) electrons. The lowest BCUT2D eigenvalue weighted by Gasteiger charge is -2.48. The van der Waals surface area contributed by atoms with Crippen LogP contribution in [0.3, 0.4) is 0 Å². The van der Waals surface area contributed by atoms with E-state index in [4.69, 9.17) is 33.3 Å². The van der Waals surface area contributed by atoms with Crippen molar-refractivity contribution in [2.24, 2.45) is 34.7 Å². The number of rotatable bonds is 7. The number of fused-ring (bicyclic) bond motifs is 4. The second-order valence-corrected chi connectivity index (χ2v) is 16.9. The van der Waals surface area contributed by atoms with Gasteiger partial charge in [-0.3, -0.25) is 14.4 Å². The van der Waals surface area contributed by atoms with E-state index in [-0.39, 0.29) is 56.3 Å². The monoisotopic (exact) mass is 794 g/mol. The van der Waals surface area contributed by atoms with Crippen LogP contribution in [0.15, 0.2) is 23.4 Å². The number of ether oxygens (including phenoxy) is 6. The first-order valence-electron chi connectivity index (χ1n) is 19.8. The van der Waals surface area contributed by atoms with Crippen LogP contribution in [0.2, 0.25) is 0 Å². The van der Waals surface area contributed by atoms with Crippen molar-refractivity contribution in [3.8, 4) is 0 Å². The van der Waals surface area contributed by atoms with Gasteiger partial charge in [0.25, 0.3) is 0 Å². The maximum absolute atomic E-state index is 14.5. The van der Waals surface area contributed by atoms with Crippen LogP contribution in [0.4, 0.5) is 8.78 Å². The third kappa shape index (κ3) is 9.28. The van der Waals surface area contributed by atoms with Gasteiger partial charge in [-0.15, -0.1) is 0 Å². The van der Waals surface area contributed by atoms with E-state index < -0.39 is 95.1 Å². The first-order chi connectivity index (χ1) is 26.3. The minimum atomic E-state index is -1.30. The Balaban J connectivity index is 1.59. The molecule has 56 heavy (non-hydrogen) atoms. The highest BCUT2D eigenvalue weighted by molar-refractivity contribution is 5.87. The molecule has 14 atom stereocenters. The number of ketones is 1. The molecule has 0 saturated carbocycles. The van der Waals surface area contributed by atoms with Gasteiger partial charge < -0.3 is 43.3 Å². The maximum Gasteiger partial charge on any atom is 0.311 e. The molecule has 1 aromatic carbocycles. The largest absolute Gasteiger partial charge is 0.458 e. The van der Waals surface area contributed by atoms with Crippen LogP contribution in [-0.4, -0.2) is 115 Å². The standard InChI is InChI=1S/C41H60F2N2O11/c1-11-32-41(8)28(16-33(46)56-41)23(4)34(47)21(2)17-40(7)37(55-39-35(48)31(45(9)10)14-22(3)53-39)24(5)36(25(6)38(49)54-32)50-19-27(20-51-40)44-52-18-26-12-13-29(42)30(43)15-26/h12-13,15,21-25,28,31-32,35-37,39,48H,11,14,16-20H2,1-10H3/b44-27+/t21-,22-,23-,24-,25-,28+,31+,32-,35-,36+,37-,39+,40-,41+/m1/s1. The zero-order valence-corrected chi connectivity index (χ0v) is 34.3. The minimum absolute atomic E-state index is 0.00543. The van der Waals surface area contributed by atoms with Crippen molar-refractivity contribution in [3.63, 3.8) is 0 Å². The van der Waals surface area contributed by atoms with Gasteiger partial charge in [-0.1, -0.05) is 38.9 Å². The number of Topliss-reactive ketones (excluding diaryl/α,β-unsaturated/α-hetero) is 1. The molecule has 0 aromatic heterocycles. The number of hydrogen-bond donors (Lipinski definition) is 1. The maximum atomic E-state index is 14.5. The Morgan fingerprint density at radius 2 is 1.73 bits per heavy atom. The van der Waals surface area contributed by atoms with E-state index in [1.54, 1.807) is 20.8 Å². The summed E-state index contributed by atoms with van der Waals surface area (Å²) in [7, 11) is 3.75. The van der Waals surface area contributed by atoms with Crippen molar-refractivity contribution in [1.29, 1.82) is 0 Å². The molecular formula is C41H60F2N2O11. The van der Waals surface area contributed by atoms with Crippen LogP contribution in [0.25, 0.3) is 0 Å².